The molecule has 0 atom stereocenters. The van der Waals surface area contributed by atoms with Gasteiger partial charge in [-0.1, -0.05) is 12.1 Å². The summed E-state index contributed by atoms with van der Waals surface area (Å²) in [5, 5.41) is 7.47. The van der Waals surface area contributed by atoms with Gasteiger partial charge in [-0.05, 0) is 47.8 Å². The van der Waals surface area contributed by atoms with Crippen LogP contribution in [0, 0.1) is 4.77 Å². The van der Waals surface area contributed by atoms with Crippen molar-refractivity contribution in [3.63, 3.8) is 0 Å². The normalized spacial score (nSPS) is 15.0. The lowest BCUT2D eigenvalue weighted by Crippen LogP contribution is -2.32. The average Bonchev–Trinajstić information content (AvgIpc) is 3.24. The Kier molecular flexibility index (Phi) is 3.59. The number of aromatic nitrogens is 4. The van der Waals surface area contributed by atoms with Gasteiger partial charge in [-0.25, -0.2) is 4.68 Å². The lowest BCUT2D eigenvalue weighted by molar-refractivity contribution is 0.190. The number of rotatable bonds is 2. The molecule has 0 saturated heterocycles. The van der Waals surface area contributed by atoms with Crippen LogP contribution in [0.5, 0.6) is 0 Å². The molecule has 132 valence electrons. The highest BCUT2D eigenvalue weighted by Gasteiger charge is 2.19. The molecule has 1 aliphatic rings. The quantitative estimate of drug-likeness (QED) is 0.500. The summed E-state index contributed by atoms with van der Waals surface area (Å²) in [6, 6.07) is 9.74. The first-order chi connectivity index (χ1) is 12.6. The molecule has 6 nitrogen and oxygen atoms in total. The molecule has 0 saturated carbocycles. The van der Waals surface area contributed by atoms with Crippen LogP contribution in [0.3, 0.4) is 0 Å². The molecule has 4 aromatic rings. The molecule has 0 unspecified atom stereocenters. The molecule has 0 N–H and O–H groups in total. The van der Waals surface area contributed by atoms with E-state index in [1.165, 1.54) is 10.4 Å². The predicted octanol–water partition coefficient (Wildman–Crippen LogP) is 2.79. The van der Waals surface area contributed by atoms with Crippen molar-refractivity contribution in [1.29, 1.82) is 0 Å². The Morgan fingerprint density at radius 1 is 1.27 bits per heavy atom. The summed E-state index contributed by atoms with van der Waals surface area (Å²) < 4.78 is 5.91. The van der Waals surface area contributed by atoms with Crippen molar-refractivity contribution in [3.05, 3.63) is 61.3 Å². The van der Waals surface area contributed by atoms with Crippen molar-refractivity contribution in [2.75, 3.05) is 6.54 Å². The standard InChI is InChI=1S/C18H17N5OS2/c1-20-16(24)13-4-2-3-5-14(13)23-17(20)19-22(18(23)25)11-21-8-6-15-12(10-21)7-9-26-15/h2-5,7,9H,6,8,10-11H2,1H3. The van der Waals surface area contributed by atoms with Gasteiger partial charge in [0.2, 0.25) is 10.5 Å². The van der Waals surface area contributed by atoms with Gasteiger partial charge in [0.1, 0.15) is 0 Å². The van der Waals surface area contributed by atoms with Crippen LogP contribution < -0.4 is 5.56 Å². The molecule has 8 heteroatoms. The van der Waals surface area contributed by atoms with Gasteiger partial charge in [0.05, 0.1) is 17.6 Å². The highest BCUT2D eigenvalue weighted by Crippen LogP contribution is 2.24. The zero-order valence-corrected chi connectivity index (χ0v) is 15.9. The van der Waals surface area contributed by atoms with Crippen molar-refractivity contribution in [2.24, 2.45) is 7.05 Å². The summed E-state index contributed by atoms with van der Waals surface area (Å²) in [7, 11) is 1.74. The van der Waals surface area contributed by atoms with Gasteiger partial charge < -0.3 is 0 Å². The van der Waals surface area contributed by atoms with Crippen LogP contribution in [0.15, 0.2) is 40.5 Å². The fourth-order valence-corrected chi connectivity index (χ4v) is 4.82. The van der Waals surface area contributed by atoms with Crippen molar-refractivity contribution in [1.82, 2.24) is 23.6 Å². The van der Waals surface area contributed by atoms with E-state index in [-0.39, 0.29) is 5.56 Å². The smallest absolute Gasteiger partial charge is 0.262 e. The molecule has 0 bridgehead atoms. The molecule has 0 radical (unpaired) electrons. The van der Waals surface area contributed by atoms with Crippen molar-refractivity contribution in [3.8, 4) is 0 Å². The third-order valence-electron chi connectivity index (χ3n) is 5.02. The fourth-order valence-electron chi connectivity index (χ4n) is 3.65. The second-order valence-electron chi connectivity index (χ2n) is 6.61. The maximum atomic E-state index is 12.6. The number of aryl methyl sites for hydroxylation is 1. The lowest BCUT2D eigenvalue weighted by Gasteiger charge is -2.26. The van der Waals surface area contributed by atoms with E-state index in [0.717, 1.165) is 25.0 Å². The highest BCUT2D eigenvalue weighted by molar-refractivity contribution is 7.71. The maximum Gasteiger partial charge on any atom is 0.262 e. The molecular formula is C18H17N5OS2. The van der Waals surface area contributed by atoms with Crippen LogP contribution in [-0.4, -0.2) is 30.2 Å². The van der Waals surface area contributed by atoms with Crippen LogP contribution in [0.4, 0.5) is 0 Å². The van der Waals surface area contributed by atoms with Gasteiger partial charge in [0.25, 0.3) is 5.56 Å². The first-order valence-electron chi connectivity index (χ1n) is 8.48. The van der Waals surface area contributed by atoms with E-state index < -0.39 is 0 Å². The minimum absolute atomic E-state index is 0.0545. The maximum absolute atomic E-state index is 12.6. The second-order valence-corrected chi connectivity index (χ2v) is 7.98. The van der Waals surface area contributed by atoms with Crippen molar-refractivity contribution in [2.45, 2.75) is 19.6 Å². The monoisotopic (exact) mass is 383 g/mol. The molecule has 5 rings (SSSR count). The Morgan fingerprint density at radius 2 is 2.12 bits per heavy atom. The van der Waals surface area contributed by atoms with Gasteiger partial charge >= 0.3 is 0 Å². The van der Waals surface area contributed by atoms with Crippen molar-refractivity contribution >= 4 is 40.2 Å². The molecule has 0 aliphatic carbocycles. The SMILES string of the molecule is Cn1c(=O)c2ccccc2n2c(=S)n(CN3CCc4sccc4C3)nc12. The number of fused-ring (bicyclic) bond motifs is 4. The summed E-state index contributed by atoms with van der Waals surface area (Å²) in [6.45, 7) is 2.52. The summed E-state index contributed by atoms with van der Waals surface area (Å²) in [4.78, 5) is 16.4. The summed E-state index contributed by atoms with van der Waals surface area (Å²) in [5.74, 6) is 0.576. The zero-order chi connectivity index (χ0) is 17.8. The number of thiophene rings is 1. The zero-order valence-electron chi connectivity index (χ0n) is 14.3. The lowest BCUT2D eigenvalue weighted by atomic mass is 10.1. The number of hydrogen-bond donors (Lipinski definition) is 0. The van der Waals surface area contributed by atoms with E-state index >= 15 is 0 Å². The Hall–Kier alpha value is -2.29. The fraction of sp³-hybridized carbons (Fsp3) is 0.278. The van der Waals surface area contributed by atoms with Gasteiger partial charge in [-0.2, -0.15) is 0 Å². The van der Waals surface area contributed by atoms with Crippen LogP contribution in [0.25, 0.3) is 16.7 Å². The van der Waals surface area contributed by atoms with Gasteiger partial charge in [0, 0.05) is 25.0 Å². The van der Waals surface area contributed by atoms with Gasteiger partial charge in [-0.3, -0.25) is 18.7 Å². The number of nitrogens with zero attached hydrogens (tertiary/aromatic N) is 5. The van der Waals surface area contributed by atoms with Gasteiger partial charge in [-0.15, -0.1) is 16.4 Å². The summed E-state index contributed by atoms with van der Waals surface area (Å²) in [5.41, 5.74) is 2.15. The molecule has 4 heterocycles. The minimum atomic E-state index is -0.0545. The van der Waals surface area contributed by atoms with Crippen LogP contribution >= 0.6 is 23.6 Å². The Balaban J connectivity index is 1.63. The van der Waals surface area contributed by atoms with Crippen molar-refractivity contribution < 1.29 is 0 Å². The van der Waals surface area contributed by atoms with E-state index in [1.54, 1.807) is 11.6 Å². The highest BCUT2D eigenvalue weighted by atomic mass is 32.1. The molecular weight excluding hydrogens is 366 g/mol. The molecule has 0 spiro atoms. The number of hydrogen-bond acceptors (Lipinski definition) is 5. The molecule has 26 heavy (non-hydrogen) atoms. The number of para-hydroxylation sites is 1. The van der Waals surface area contributed by atoms with E-state index in [1.807, 2.05) is 44.7 Å². The largest absolute Gasteiger partial charge is 0.280 e. The molecule has 1 aliphatic heterocycles. The number of benzene rings is 1. The van der Waals surface area contributed by atoms with Crippen LogP contribution in [-0.2, 0) is 26.7 Å². The van der Waals surface area contributed by atoms with Gasteiger partial charge in [0.15, 0.2) is 0 Å². The Labute approximate surface area is 158 Å². The van der Waals surface area contributed by atoms with E-state index in [9.17, 15) is 4.79 Å². The molecule has 1 aromatic carbocycles. The third kappa shape index (κ3) is 2.29. The topological polar surface area (TPSA) is 47.5 Å². The second kappa shape index (κ2) is 5.87. The Morgan fingerprint density at radius 3 is 3.00 bits per heavy atom. The average molecular weight is 384 g/mol. The Bertz CT molecular complexity index is 1260. The summed E-state index contributed by atoms with van der Waals surface area (Å²) >= 11 is 7.54. The third-order valence-corrected chi connectivity index (χ3v) is 6.44. The molecule has 0 amide bonds. The van der Waals surface area contributed by atoms with E-state index in [4.69, 9.17) is 12.2 Å². The van der Waals surface area contributed by atoms with E-state index in [2.05, 4.69) is 21.4 Å². The van der Waals surface area contributed by atoms with Crippen LogP contribution in [0.1, 0.15) is 10.4 Å². The predicted molar refractivity (Wildman–Crippen MR) is 105 cm³/mol. The van der Waals surface area contributed by atoms with E-state index in [0.29, 0.717) is 22.6 Å². The molecule has 0 fully saturated rings. The summed E-state index contributed by atoms with van der Waals surface area (Å²) in [6.07, 6.45) is 1.06. The first-order valence-corrected chi connectivity index (χ1v) is 9.77. The molecule has 3 aromatic heterocycles. The van der Waals surface area contributed by atoms with Crippen LogP contribution in [0.2, 0.25) is 0 Å². The minimum Gasteiger partial charge on any atom is -0.280 e. The first kappa shape index (κ1) is 15.9.